The van der Waals surface area contributed by atoms with E-state index in [1.807, 2.05) is 0 Å². The Kier molecular flexibility index (Phi) is 5.95. The van der Waals surface area contributed by atoms with Crippen molar-refractivity contribution in [2.24, 2.45) is 0 Å². The van der Waals surface area contributed by atoms with Gasteiger partial charge in [-0.1, -0.05) is 24.3 Å². The number of allylic oxidation sites excluding steroid dienone is 1. The molecule has 4 aromatic rings. The molecule has 34 heavy (non-hydrogen) atoms. The second-order valence-electron chi connectivity index (χ2n) is 7.22. The van der Waals surface area contributed by atoms with Crippen LogP contribution in [0.5, 0.6) is 0 Å². The number of furan rings is 2. The highest BCUT2D eigenvalue weighted by Crippen LogP contribution is 2.34. The van der Waals surface area contributed by atoms with Crippen molar-refractivity contribution in [1.29, 1.82) is 0 Å². The lowest BCUT2D eigenvalue weighted by molar-refractivity contribution is -0.138. The summed E-state index contributed by atoms with van der Waals surface area (Å²) >= 11 is 0. The van der Waals surface area contributed by atoms with Gasteiger partial charge in [-0.05, 0) is 60.7 Å². The number of hydrogen-bond donors (Lipinski definition) is 0. The van der Waals surface area contributed by atoms with Crippen molar-refractivity contribution >= 4 is 11.9 Å². The number of hydrogen-bond acceptors (Lipinski definition) is 3. The molecular weight excluding hydrogens is 462 g/mol. The molecule has 0 aliphatic heterocycles. The highest BCUT2D eigenvalue weighted by molar-refractivity contribution is 6.05. The molecule has 0 amide bonds. The van der Waals surface area contributed by atoms with E-state index in [4.69, 9.17) is 8.83 Å². The topological polar surface area (TPSA) is 43.4 Å². The Morgan fingerprint density at radius 1 is 0.676 bits per heavy atom. The molecule has 174 valence electrons. The average molecular weight is 476 g/mol. The Morgan fingerprint density at radius 3 is 1.76 bits per heavy atom. The van der Waals surface area contributed by atoms with Gasteiger partial charge in [-0.2, -0.15) is 26.3 Å². The maximum atomic E-state index is 12.9. The monoisotopic (exact) mass is 476 g/mol. The first-order chi connectivity index (χ1) is 16.0. The molecule has 0 aliphatic carbocycles. The number of carbonyl (C=O) groups is 1. The molecule has 3 nitrogen and oxygen atoms in total. The van der Waals surface area contributed by atoms with Crippen LogP contribution in [-0.2, 0) is 12.4 Å². The summed E-state index contributed by atoms with van der Waals surface area (Å²) in [5.74, 6) is -0.190. The molecule has 9 heteroatoms. The molecule has 0 spiro atoms. The van der Waals surface area contributed by atoms with Crippen molar-refractivity contribution in [3.8, 4) is 22.6 Å². The lowest BCUT2D eigenvalue weighted by atomic mass is 10.1. The fourth-order valence-corrected chi connectivity index (χ4v) is 3.16. The zero-order valence-electron chi connectivity index (χ0n) is 17.1. The van der Waals surface area contributed by atoms with Gasteiger partial charge in [-0.15, -0.1) is 0 Å². The van der Waals surface area contributed by atoms with E-state index in [1.165, 1.54) is 54.6 Å². The van der Waals surface area contributed by atoms with Gasteiger partial charge in [0.15, 0.2) is 5.76 Å². The minimum Gasteiger partial charge on any atom is -0.457 e. The Balaban J connectivity index is 1.49. The van der Waals surface area contributed by atoms with Crippen LogP contribution in [0.4, 0.5) is 26.3 Å². The fourth-order valence-electron chi connectivity index (χ4n) is 3.16. The summed E-state index contributed by atoms with van der Waals surface area (Å²) < 4.78 is 88.3. The van der Waals surface area contributed by atoms with Crippen LogP contribution >= 0.6 is 0 Å². The first-order valence-corrected chi connectivity index (χ1v) is 9.78. The molecule has 0 saturated carbocycles. The van der Waals surface area contributed by atoms with Crippen LogP contribution in [0.3, 0.4) is 0 Å². The van der Waals surface area contributed by atoms with E-state index >= 15 is 0 Å². The minimum absolute atomic E-state index is 0.0904. The molecule has 0 saturated heterocycles. The van der Waals surface area contributed by atoms with E-state index in [0.717, 1.165) is 30.3 Å². The molecular formula is C25H14F6O3. The van der Waals surface area contributed by atoms with E-state index in [0.29, 0.717) is 0 Å². The van der Waals surface area contributed by atoms with E-state index in [2.05, 4.69) is 0 Å². The lowest BCUT2D eigenvalue weighted by Crippen LogP contribution is -2.04. The number of benzene rings is 2. The van der Waals surface area contributed by atoms with Crippen LogP contribution < -0.4 is 0 Å². The molecule has 0 radical (unpaired) electrons. The van der Waals surface area contributed by atoms with Gasteiger partial charge in [-0.3, -0.25) is 4.79 Å². The molecule has 2 aromatic carbocycles. The van der Waals surface area contributed by atoms with Gasteiger partial charge >= 0.3 is 12.4 Å². The summed E-state index contributed by atoms with van der Waals surface area (Å²) in [6, 6.07) is 14.8. The van der Waals surface area contributed by atoms with E-state index in [9.17, 15) is 31.1 Å². The Hall–Kier alpha value is -4.01. The molecule has 0 aliphatic rings. The summed E-state index contributed by atoms with van der Waals surface area (Å²) in [4.78, 5) is 12.4. The van der Waals surface area contributed by atoms with Gasteiger partial charge in [0.2, 0.25) is 5.78 Å². The molecule has 0 bridgehead atoms. The quantitative estimate of drug-likeness (QED) is 0.166. The molecule has 0 atom stereocenters. The third kappa shape index (κ3) is 5.14. The van der Waals surface area contributed by atoms with Crippen LogP contribution in [0.1, 0.15) is 27.4 Å². The number of carbonyl (C=O) groups excluding carboxylic acids is 1. The van der Waals surface area contributed by atoms with Crippen molar-refractivity contribution in [1.82, 2.24) is 0 Å². The smallest absolute Gasteiger partial charge is 0.416 e. The fraction of sp³-hybridized carbons (Fsp3) is 0.0800. The Labute approximate surface area is 188 Å². The summed E-state index contributed by atoms with van der Waals surface area (Å²) in [7, 11) is 0. The molecule has 2 heterocycles. The summed E-state index contributed by atoms with van der Waals surface area (Å²) in [5, 5.41) is 0. The van der Waals surface area contributed by atoms with Crippen molar-refractivity contribution in [2.75, 3.05) is 0 Å². The number of rotatable bonds is 5. The van der Waals surface area contributed by atoms with Gasteiger partial charge in [0, 0.05) is 11.1 Å². The van der Waals surface area contributed by atoms with Crippen LogP contribution in [0.2, 0.25) is 0 Å². The lowest BCUT2D eigenvalue weighted by Gasteiger charge is -2.07. The van der Waals surface area contributed by atoms with Crippen LogP contribution in [0, 0.1) is 0 Å². The molecule has 4 rings (SSSR count). The predicted octanol–water partition coefficient (Wildman–Crippen LogP) is 8.14. The van der Waals surface area contributed by atoms with Gasteiger partial charge in [0.25, 0.3) is 0 Å². The summed E-state index contributed by atoms with van der Waals surface area (Å²) in [6.07, 6.45) is -6.57. The maximum Gasteiger partial charge on any atom is 0.416 e. The SMILES string of the molecule is O=C(C=Cc1ccc(-c2cccc(C(F)(F)F)c2)o1)c1ccc(-c2cccc(C(F)(F)F)c2)o1. The summed E-state index contributed by atoms with van der Waals surface area (Å²) in [5.41, 5.74) is -1.28. The first kappa shape index (κ1) is 23.2. The highest BCUT2D eigenvalue weighted by atomic mass is 19.4. The normalized spacial score (nSPS) is 12.4. The average Bonchev–Trinajstić information content (AvgIpc) is 3.47. The van der Waals surface area contributed by atoms with Gasteiger partial charge in [0.05, 0.1) is 11.1 Å². The maximum absolute atomic E-state index is 12.9. The zero-order valence-corrected chi connectivity index (χ0v) is 17.1. The minimum atomic E-state index is -4.51. The van der Waals surface area contributed by atoms with Crippen LogP contribution in [0.25, 0.3) is 28.7 Å². The predicted molar refractivity (Wildman–Crippen MR) is 112 cm³/mol. The molecule has 0 N–H and O–H groups in total. The van der Waals surface area contributed by atoms with E-state index < -0.39 is 29.3 Å². The third-order valence-electron chi connectivity index (χ3n) is 4.82. The second kappa shape index (κ2) is 8.74. The number of halogens is 6. The van der Waals surface area contributed by atoms with Crippen molar-refractivity contribution in [2.45, 2.75) is 12.4 Å². The van der Waals surface area contributed by atoms with Gasteiger partial charge in [-0.25, -0.2) is 0 Å². The molecule has 0 fully saturated rings. The Morgan fingerprint density at radius 2 is 1.21 bits per heavy atom. The van der Waals surface area contributed by atoms with Gasteiger partial charge in [0.1, 0.15) is 17.3 Å². The van der Waals surface area contributed by atoms with Crippen molar-refractivity contribution in [3.05, 3.63) is 102 Å². The Bertz CT molecular complexity index is 1360. The number of alkyl halides is 6. The largest absolute Gasteiger partial charge is 0.457 e. The third-order valence-corrected chi connectivity index (χ3v) is 4.82. The zero-order chi connectivity index (χ0) is 24.5. The standard InChI is InChI=1S/C25H14F6O3/c26-24(27,28)17-5-1-3-15(13-17)21-10-8-19(33-21)7-9-20(32)23-12-11-22(34-23)16-4-2-6-18(14-16)25(29,30)31/h1-14H. The summed E-state index contributed by atoms with van der Waals surface area (Å²) in [6.45, 7) is 0. The molecule has 2 aromatic heterocycles. The van der Waals surface area contributed by atoms with Crippen molar-refractivity contribution in [3.63, 3.8) is 0 Å². The van der Waals surface area contributed by atoms with E-state index in [-0.39, 0.29) is 34.2 Å². The molecule has 0 unspecified atom stereocenters. The van der Waals surface area contributed by atoms with E-state index in [1.54, 1.807) is 0 Å². The van der Waals surface area contributed by atoms with Crippen LogP contribution in [0.15, 0.2) is 87.7 Å². The number of ketones is 1. The van der Waals surface area contributed by atoms with Gasteiger partial charge < -0.3 is 8.83 Å². The second-order valence-corrected chi connectivity index (χ2v) is 7.22. The first-order valence-electron chi connectivity index (χ1n) is 9.78. The van der Waals surface area contributed by atoms with Crippen LogP contribution in [-0.4, -0.2) is 5.78 Å². The van der Waals surface area contributed by atoms with Crippen molar-refractivity contribution < 1.29 is 40.0 Å². The highest BCUT2D eigenvalue weighted by Gasteiger charge is 2.31.